The normalized spacial score (nSPS) is 12.3. The molecule has 3 aromatic carbocycles. The Morgan fingerprint density at radius 2 is 1.88 bits per heavy atom. The van der Waals surface area contributed by atoms with Gasteiger partial charge in [0, 0.05) is 29.9 Å². The molecule has 0 aliphatic heterocycles. The minimum absolute atomic E-state index is 0.141. The molecule has 0 atom stereocenters. The number of thiazole rings is 1. The summed E-state index contributed by atoms with van der Waals surface area (Å²) in [4.78, 5) is 18.0. The topological polar surface area (TPSA) is 89.8 Å². The van der Waals surface area contributed by atoms with Gasteiger partial charge in [-0.1, -0.05) is 46.7 Å². The Morgan fingerprint density at radius 3 is 2.62 bits per heavy atom. The van der Waals surface area contributed by atoms with Crippen LogP contribution < -0.4 is 9.52 Å². The number of fused-ring (bicyclic) bond motifs is 1. The van der Waals surface area contributed by atoms with Crippen LogP contribution in [0, 0.1) is 6.92 Å². The van der Waals surface area contributed by atoms with Crippen molar-refractivity contribution in [2.24, 2.45) is 4.99 Å². The highest BCUT2D eigenvalue weighted by Crippen LogP contribution is 2.22. The van der Waals surface area contributed by atoms with E-state index in [0.717, 1.165) is 15.8 Å². The molecule has 1 heterocycles. The summed E-state index contributed by atoms with van der Waals surface area (Å²) in [5.74, 6) is -0.486. The number of halogens is 1. The third kappa shape index (κ3) is 5.39. The predicted molar refractivity (Wildman–Crippen MR) is 135 cm³/mol. The van der Waals surface area contributed by atoms with Gasteiger partial charge in [0.15, 0.2) is 4.80 Å². The summed E-state index contributed by atoms with van der Waals surface area (Å²) in [6.07, 6.45) is 0. The molecule has 0 unspecified atom stereocenters. The molecule has 0 aliphatic carbocycles. The Balaban J connectivity index is 1.66. The van der Waals surface area contributed by atoms with Crippen molar-refractivity contribution in [3.8, 4) is 0 Å². The Bertz CT molecular complexity index is 1520. The Hall–Kier alpha value is -2.98. The second-order valence-electron chi connectivity index (χ2n) is 7.56. The van der Waals surface area contributed by atoms with Crippen molar-refractivity contribution in [3.05, 3.63) is 87.7 Å². The van der Waals surface area contributed by atoms with Crippen LogP contribution in [0.25, 0.3) is 10.2 Å². The minimum Gasteiger partial charge on any atom is -0.383 e. The maximum atomic E-state index is 13.0. The number of hydrogen-bond donors (Lipinski definition) is 1. The number of aryl methyl sites for hydroxylation is 1. The molecular weight excluding hydrogens is 494 g/mol. The molecule has 1 N–H and O–H groups in total. The van der Waals surface area contributed by atoms with E-state index in [4.69, 9.17) is 16.3 Å². The number of anilines is 1. The number of aromatic nitrogens is 1. The van der Waals surface area contributed by atoms with Crippen molar-refractivity contribution >= 4 is 54.8 Å². The zero-order valence-electron chi connectivity index (χ0n) is 18.5. The van der Waals surface area contributed by atoms with Gasteiger partial charge in [0.2, 0.25) is 0 Å². The number of sulfonamides is 1. The van der Waals surface area contributed by atoms with Crippen LogP contribution in [-0.4, -0.2) is 32.6 Å². The molecule has 0 fully saturated rings. The van der Waals surface area contributed by atoms with Gasteiger partial charge in [-0.2, -0.15) is 4.99 Å². The van der Waals surface area contributed by atoms with Crippen LogP contribution in [0.5, 0.6) is 0 Å². The van der Waals surface area contributed by atoms with Crippen LogP contribution in [0.3, 0.4) is 0 Å². The SMILES string of the molecule is COCCn1c(=NC(=O)c2cccc(NS(=O)(=O)c3ccc(C)cc3)c2)sc2cc(Cl)ccc21. The first-order valence-corrected chi connectivity index (χ1v) is 13.0. The monoisotopic (exact) mass is 515 g/mol. The zero-order valence-corrected chi connectivity index (χ0v) is 20.9. The second kappa shape index (κ2) is 10.1. The average molecular weight is 516 g/mol. The van der Waals surface area contributed by atoms with Crippen molar-refractivity contribution in [2.75, 3.05) is 18.4 Å². The summed E-state index contributed by atoms with van der Waals surface area (Å²) in [6, 6.07) is 18.3. The van der Waals surface area contributed by atoms with Crippen LogP contribution in [0.2, 0.25) is 5.02 Å². The lowest BCUT2D eigenvalue weighted by atomic mass is 10.2. The Morgan fingerprint density at radius 1 is 1.12 bits per heavy atom. The third-order valence-corrected chi connectivity index (χ3v) is 7.73. The van der Waals surface area contributed by atoms with E-state index >= 15 is 0 Å². The summed E-state index contributed by atoms with van der Waals surface area (Å²) >= 11 is 7.48. The number of ether oxygens (including phenoxy) is 1. The maximum Gasteiger partial charge on any atom is 0.279 e. The number of amides is 1. The first-order valence-electron chi connectivity index (χ1n) is 10.3. The van der Waals surface area contributed by atoms with Gasteiger partial charge in [-0.15, -0.1) is 0 Å². The van der Waals surface area contributed by atoms with Gasteiger partial charge in [0.05, 0.1) is 21.7 Å². The smallest absolute Gasteiger partial charge is 0.279 e. The number of methoxy groups -OCH3 is 1. The fourth-order valence-corrected chi connectivity index (χ4v) is 5.71. The van der Waals surface area contributed by atoms with E-state index in [9.17, 15) is 13.2 Å². The molecule has 176 valence electrons. The van der Waals surface area contributed by atoms with E-state index < -0.39 is 15.9 Å². The van der Waals surface area contributed by atoms with Crippen molar-refractivity contribution in [1.82, 2.24) is 4.57 Å². The summed E-state index contributed by atoms with van der Waals surface area (Å²) in [6.45, 7) is 2.85. The number of carbonyl (C=O) groups excluding carboxylic acids is 1. The van der Waals surface area contributed by atoms with E-state index in [0.29, 0.717) is 23.0 Å². The molecule has 0 saturated carbocycles. The number of nitrogens with one attached hydrogen (secondary N) is 1. The van der Waals surface area contributed by atoms with E-state index in [1.165, 1.54) is 29.5 Å². The second-order valence-corrected chi connectivity index (χ2v) is 10.7. The molecule has 0 radical (unpaired) electrons. The molecule has 1 amide bonds. The predicted octanol–water partition coefficient (Wildman–Crippen LogP) is 4.85. The highest BCUT2D eigenvalue weighted by Gasteiger charge is 2.15. The highest BCUT2D eigenvalue weighted by molar-refractivity contribution is 7.92. The van der Waals surface area contributed by atoms with Gasteiger partial charge in [-0.3, -0.25) is 9.52 Å². The summed E-state index contributed by atoms with van der Waals surface area (Å²) in [5, 5.41) is 0.596. The quantitative estimate of drug-likeness (QED) is 0.381. The molecule has 10 heteroatoms. The molecule has 4 rings (SSSR count). The van der Waals surface area contributed by atoms with Crippen LogP contribution in [-0.2, 0) is 21.3 Å². The largest absolute Gasteiger partial charge is 0.383 e. The van der Waals surface area contributed by atoms with Gasteiger partial charge < -0.3 is 9.30 Å². The number of nitrogens with zero attached hydrogens (tertiary/aromatic N) is 2. The average Bonchev–Trinajstić information content (AvgIpc) is 3.13. The first kappa shape index (κ1) is 24.2. The maximum absolute atomic E-state index is 13.0. The van der Waals surface area contributed by atoms with Gasteiger partial charge in [0.25, 0.3) is 15.9 Å². The van der Waals surface area contributed by atoms with Crippen molar-refractivity contribution < 1.29 is 17.9 Å². The molecule has 34 heavy (non-hydrogen) atoms. The summed E-state index contributed by atoms with van der Waals surface area (Å²) < 4.78 is 36.0. The van der Waals surface area contributed by atoms with Gasteiger partial charge in [0.1, 0.15) is 0 Å². The van der Waals surface area contributed by atoms with Crippen LogP contribution in [0.1, 0.15) is 15.9 Å². The molecule has 4 aromatic rings. The summed E-state index contributed by atoms with van der Waals surface area (Å²) in [5.41, 5.74) is 2.40. The van der Waals surface area contributed by atoms with Crippen molar-refractivity contribution in [1.29, 1.82) is 0 Å². The standard InChI is InChI=1S/C24H22ClN3O4S2/c1-16-6-9-20(10-7-16)34(30,31)27-19-5-3-4-17(14-19)23(29)26-24-28(12-13-32-2)21-11-8-18(25)15-22(21)33-24/h3-11,14-15,27H,12-13H2,1-2H3. The molecule has 0 aliphatic rings. The van der Waals surface area contributed by atoms with Crippen LogP contribution in [0.15, 0.2) is 76.6 Å². The fourth-order valence-electron chi connectivity index (χ4n) is 3.33. The van der Waals surface area contributed by atoms with Crippen LogP contribution >= 0.6 is 22.9 Å². The Kier molecular flexibility index (Phi) is 7.18. The highest BCUT2D eigenvalue weighted by atomic mass is 35.5. The van der Waals surface area contributed by atoms with Gasteiger partial charge in [-0.05, 0) is 55.5 Å². The number of carbonyl (C=O) groups is 1. The molecule has 0 saturated heterocycles. The van der Waals surface area contributed by atoms with Gasteiger partial charge in [-0.25, -0.2) is 8.42 Å². The zero-order chi connectivity index (χ0) is 24.3. The molecule has 0 spiro atoms. The van der Waals surface area contributed by atoms with Crippen molar-refractivity contribution in [3.63, 3.8) is 0 Å². The summed E-state index contributed by atoms with van der Waals surface area (Å²) in [7, 11) is -2.18. The Labute approximate surface area is 206 Å². The number of hydrogen-bond acceptors (Lipinski definition) is 5. The van der Waals surface area contributed by atoms with E-state index in [-0.39, 0.29) is 16.1 Å². The van der Waals surface area contributed by atoms with Crippen molar-refractivity contribution in [2.45, 2.75) is 18.4 Å². The number of benzene rings is 3. The third-order valence-electron chi connectivity index (χ3n) is 5.05. The lowest BCUT2D eigenvalue weighted by Gasteiger charge is -2.09. The van der Waals surface area contributed by atoms with Gasteiger partial charge >= 0.3 is 0 Å². The van der Waals surface area contributed by atoms with E-state index in [1.54, 1.807) is 43.5 Å². The van der Waals surface area contributed by atoms with Crippen LogP contribution in [0.4, 0.5) is 5.69 Å². The molecule has 7 nitrogen and oxygen atoms in total. The van der Waals surface area contributed by atoms with E-state index in [2.05, 4.69) is 9.71 Å². The lowest BCUT2D eigenvalue weighted by Crippen LogP contribution is -2.19. The molecule has 1 aromatic heterocycles. The first-order chi connectivity index (χ1) is 16.3. The fraction of sp³-hybridized carbons (Fsp3) is 0.167. The number of rotatable bonds is 7. The molecule has 0 bridgehead atoms. The lowest BCUT2D eigenvalue weighted by molar-refractivity contribution is 0.0997. The molecular formula is C24H22ClN3O4S2. The van der Waals surface area contributed by atoms with E-state index in [1.807, 2.05) is 23.6 Å². The minimum atomic E-state index is -3.79.